The first-order valence-corrected chi connectivity index (χ1v) is 8.98. The molecule has 3 aromatic rings. The van der Waals surface area contributed by atoms with Gasteiger partial charge in [0, 0.05) is 31.9 Å². The molecule has 4 nitrogen and oxygen atoms in total. The summed E-state index contributed by atoms with van der Waals surface area (Å²) < 4.78 is 0. The number of halogens is 3. The number of hydrogen-bond acceptors (Lipinski definition) is 3. The van der Waals surface area contributed by atoms with E-state index in [0.717, 1.165) is 11.1 Å². The number of amides is 1. The van der Waals surface area contributed by atoms with Crippen LogP contribution in [0.2, 0.25) is 15.1 Å². The summed E-state index contributed by atoms with van der Waals surface area (Å²) in [5.41, 5.74) is 2.43. The minimum Gasteiger partial charge on any atom is -0.297 e. The number of carbonyl (C=O) groups is 1. The molecular formula is C20H13Cl3N2O2. The third-order valence-corrected chi connectivity index (χ3v) is 4.27. The summed E-state index contributed by atoms with van der Waals surface area (Å²) in [6, 6.07) is 20.8. The van der Waals surface area contributed by atoms with Crippen LogP contribution in [0.4, 0.5) is 10.5 Å². The minimum atomic E-state index is -0.738. The Morgan fingerprint density at radius 2 is 1.33 bits per heavy atom. The van der Waals surface area contributed by atoms with Gasteiger partial charge in [-0.15, -0.1) is 0 Å². The van der Waals surface area contributed by atoms with Crippen molar-refractivity contribution in [1.82, 2.24) is 0 Å². The largest absolute Gasteiger partial charge is 0.437 e. The molecular weight excluding hydrogens is 407 g/mol. The number of rotatable bonds is 4. The van der Waals surface area contributed by atoms with E-state index in [-0.39, 0.29) is 0 Å². The lowest BCUT2D eigenvalue weighted by Gasteiger charge is -2.08. The zero-order valence-corrected chi connectivity index (χ0v) is 16.1. The number of nitrogens with one attached hydrogen (secondary N) is 1. The van der Waals surface area contributed by atoms with Crippen molar-refractivity contribution in [1.29, 1.82) is 0 Å². The van der Waals surface area contributed by atoms with Gasteiger partial charge in [0.1, 0.15) is 5.71 Å². The molecule has 0 unspecified atom stereocenters. The molecule has 0 aliphatic carbocycles. The van der Waals surface area contributed by atoms with Gasteiger partial charge in [0.15, 0.2) is 0 Å². The van der Waals surface area contributed by atoms with Gasteiger partial charge in [0.25, 0.3) is 0 Å². The summed E-state index contributed by atoms with van der Waals surface area (Å²) in [5, 5.41) is 8.27. The maximum absolute atomic E-state index is 12.1. The Hall–Kier alpha value is -2.53. The highest BCUT2D eigenvalue weighted by atomic mass is 35.5. The number of anilines is 1. The zero-order valence-electron chi connectivity index (χ0n) is 13.8. The van der Waals surface area contributed by atoms with Crippen LogP contribution in [0, 0.1) is 0 Å². The summed E-state index contributed by atoms with van der Waals surface area (Å²) in [6.45, 7) is 0. The highest BCUT2D eigenvalue weighted by Crippen LogP contribution is 2.18. The van der Waals surface area contributed by atoms with E-state index >= 15 is 0 Å². The van der Waals surface area contributed by atoms with Gasteiger partial charge in [-0.1, -0.05) is 70.3 Å². The van der Waals surface area contributed by atoms with Crippen LogP contribution in [0.25, 0.3) is 0 Å². The van der Waals surface area contributed by atoms with Crippen molar-refractivity contribution in [2.45, 2.75) is 0 Å². The maximum Gasteiger partial charge on any atom is 0.437 e. The number of oxime groups is 1. The molecule has 0 heterocycles. The lowest BCUT2D eigenvalue weighted by atomic mass is 10.0. The normalized spacial score (nSPS) is 10.2. The first kappa shape index (κ1) is 19.2. The van der Waals surface area contributed by atoms with Crippen molar-refractivity contribution in [2.24, 2.45) is 5.16 Å². The molecule has 1 N–H and O–H groups in total. The Morgan fingerprint density at radius 3 is 1.85 bits per heavy atom. The Morgan fingerprint density at radius 1 is 0.778 bits per heavy atom. The molecule has 0 saturated heterocycles. The van der Waals surface area contributed by atoms with E-state index in [4.69, 9.17) is 39.6 Å². The van der Waals surface area contributed by atoms with Crippen molar-refractivity contribution < 1.29 is 9.63 Å². The van der Waals surface area contributed by atoms with E-state index in [1.165, 1.54) is 0 Å². The third kappa shape index (κ3) is 5.47. The predicted molar refractivity (Wildman–Crippen MR) is 110 cm³/mol. The van der Waals surface area contributed by atoms with Crippen molar-refractivity contribution in [3.63, 3.8) is 0 Å². The molecule has 0 fully saturated rings. The molecule has 0 radical (unpaired) electrons. The Kier molecular flexibility index (Phi) is 6.35. The van der Waals surface area contributed by atoms with Crippen molar-refractivity contribution in [2.75, 3.05) is 5.32 Å². The topological polar surface area (TPSA) is 50.7 Å². The van der Waals surface area contributed by atoms with Crippen molar-refractivity contribution in [3.05, 3.63) is 99.0 Å². The maximum atomic E-state index is 12.1. The zero-order chi connectivity index (χ0) is 19.2. The standard InChI is InChI=1S/C20H13Cl3N2O2/c21-15-8-4-13(5-9-15)19(14-6-10-16(22)11-7-14)25-27-20(26)24-18-3-1-2-17(23)12-18/h1-12H,(H,24,26). The molecule has 0 bridgehead atoms. The van der Waals surface area contributed by atoms with Gasteiger partial charge >= 0.3 is 6.09 Å². The summed E-state index contributed by atoms with van der Waals surface area (Å²) in [5.74, 6) is 0. The van der Waals surface area contributed by atoms with Crippen LogP contribution in [0.3, 0.4) is 0 Å². The van der Waals surface area contributed by atoms with E-state index in [1.54, 1.807) is 72.8 Å². The average Bonchev–Trinajstić information content (AvgIpc) is 2.64. The van der Waals surface area contributed by atoms with Crippen molar-refractivity contribution in [3.8, 4) is 0 Å². The second-order valence-electron chi connectivity index (χ2n) is 5.47. The van der Waals surface area contributed by atoms with Gasteiger partial charge in [0.2, 0.25) is 0 Å². The second-order valence-corrected chi connectivity index (χ2v) is 6.78. The summed E-state index contributed by atoms with van der Waals surface area (Å²) in [7, 11) is 0. The molecule has 0 aromatic heterocycles. The molecule has 0 spiro atoms. The first-order chi connectivity index (χ1) is 13.0. The van der Waals surface area contributed by atoms with Crippen LogP contribution in [-0.2, 0) is 4.84 Å². The molecule has 7 heteroatoms. The fourth-order valence-electron chi connectivity index (χ4n) is 2.28. The van der Waals surface area contributed by atoms with Crippen LogP contribution in [-0.4, -0.2) is 11.8 Å². The Balaban J connectivity index is 1.84. The van der Waals surface area contributed by atoms with Gasteiger partial charge in [-0.2, -0.15) is 0 Å². The molecule has 0 atom stereocenters. The molecule has 3 aromatic carbocycles. The fraction of sp³-hybridized carbons (Fsp3) is 0. The van der Waals surface area contributed by atoms with Gasteiger partial charge in [-0.05, 0) is 42.5 Å². The number of nitrogens with zero attached hydrogens (tertiary/aromatic N) is 1. The smallest absolute Gasteiger partial charge is 0.297 e. The monoisotopic (exact) mass is 418 g/mol. The fourth-order valence-corrected chi connectivity index (χ4v) is 2.72. The predicted octanol–water partition coefficient (Wildman–Crippen LogP) is 6.65. The van der Waals surface area contributed by atoms with E-state index < -0.39 is 6.09 Å². The summed E-state index contributed by atoms with van der Waals surface area (Å²) >= 11 is 17.8. The minimum absolute atomic E-state index is 0.463. The molecule has 136 valence electrons. The quantitative estimate of drug-likeness (QED) is 0.292. The number of carbonyl (C=O) groups excluding carboxylic acids is 1. The third-order valence-electron chi connectivity index (χ3n) is 3.53. The lowest BCUT2D eigenvalue weighted by molar-refractivity contribution is 0.166. The highest BCUT2D eigenvalue weighted by Gasteiger charge is 2.11. The molecule has 1 amide bonds. The van der Waals surface area contributed by atoms with Gasteiger partial charge in [-0.3, -0.25) is 10.2 Å². The molecule has 3 rings (SSSR count). The van der Waals surface area contributed by atoms with E-state index in [9.17, 15) is 4.79 Å². The highest BCUT2D eigenvalue weighted by molar-refractivity contribution is 6.31. The second kappa shape index (κ2) is 8.91. The van der Waals surface area contributed by atoms with Gasteiger partial charge in [-0.25, -0.2) is 4.79 Å². The van der Waals surface area contributed by atoms with Gasteiger partial charge < -0.3 is 0 Å². The van der Waals surface area contributed by atoms with E-state index in [2.05, 4.69) is 10.5 Å². The molecule has 0 aliphatic rings. The van der Waals surface area contributed by atoms with Crippen LogP contribution in [0.15, 0.2) is 78.0 Å². The number of hydrogen-bond donors (Lipinski definition) is 1. The van der Waals surface area contributed by atoms with Crippen LogP contribution in [0.1, 0.15) is 11.1 Å². The van der Waals surface area contributed by atoms with Crippen LogP contribution < -0.4 is 5.32 Å². The number of benzene rings is 3. The van der Waals surface area contributed by atoms with E-state index in [1.807, 2.05) is 0 Å². The summed E-state index contributed by atoms with van der Waals surface area (Å²) in [4.78, 5) is 17.1. The van der Waals surface area contributed by atoms with Crippen LogP contribution in [0.5, 0.6) is 0 Å². The Bertz CT molecular complexity index is 924. The Labute approximate surface area is 171 Å². The first-order valence-electron chi connectivity index (χ1n) is 7.85. The lowest BCUT2D eigenvalue weighted by Crippen LogP contribution is -2.13. The molecule has 0 saturated carbocycles. The summed E-state index contributed by atoms with van der Waals surface area (Å²) in [6.07, 6.45) is -0.738. The van der Waals surface area contributed by atoms with E-state index in [0.29, 0.717) is 26.5 Å². The average molecular weight is 420 g/mol. The molecule has 0 aliphatic heterocycles. The SMILES string of the molecule is O=C(Nc1cccc(Cl)c1)ON=C(c1ccc(Cl)cc1)c1ccc(Cl)cc1. The van der Waals surface area contributed by atoms with Crippen LogP contribution >= 0.6 is 34.8 Å². The molecule has 27 heavy (non-hydrogen) atoms. The van der Waals surface area contributed by atoms with Gasteiger partial charge in [0.05, 0.1) is 0 Å². The van der Waals surface area contributed by atoms with Crippen molar-refractivity contribution >= 4 is 52.3 Å².